The number of hydrogen-bond acceptors (Lipinski definition) is 2. The van der Waals surface area contributed by atoms with E-state index in [0.717, 1.165) is 43.6 Å². The van der Waals surface area contributed by atoms with Crippen molar-refractivity contribution < 1.29 is 4.79 Å². The Morgan fingerprint density at radius 1 is 1.59 bits per heavy atom. The average molecular weight is 235 g/mol. The number of nitrogens with one attached hydrogen (secondary N) is 2. The van der Waals surface area contributed by atoms with Crippen molar-refractivity contribution in [2.24, 2.45) is 5.92 Å². The summed E-state index contributed by atoms with van der Waals surface area (Å²) in [4.78, 5) is 19.3. The Bertz CT molecular complexity index is 372. The maximum atomic E-state index is 11.9. The standard InChI is InChI=1S/C13H21N3O/c1-2-3-4-7-14-13(17)10-5-6-11-12(8-10)16-9-15-11/h9-10H,2-8H2,1H3,(H,14,17)(H,15,16). The summed E-state index contributed by atoms with van der Waals surface area (Å²) in [6, 6.07) is 0. The maximum absolute atomic E-state index is 11.9. The van der Waals surface area contributed by atoms with Crippen molar-refractivity contribution in [2.45, 2.75) is 45.4 Å². The molecule has 17 heavy (non-hydrogen) atoms. The second-order valence-electron chi connectivity index (χ2n) is 4.77. The zero-order valence-corrected chi connectivity index (χ0v) is 10.5. The fourth-order valence-corrected chi connectivity index (χ4v) is 2.36. The number of aromatic amines is 1. The van der Waals surface area contributed by atoms with Crippen LogP contribution in [0.25, 0.3) is 0 Å². The first-order chi connectivity index (χ1) is 8.31. The molecule has 2 N–H and O–H groups in total. The fourth-order valence-electron chi connectivity index (χ4n) is 2.36. The normalized spacial score (nSPS) is 18.8. The van der Waals surface area contributed by atoms with Gasteiger partial charge in [-0.2, -0.15) is 0 Å². The SMILES string of the molecule is CCCCCNC(=O)C1CCc2nc[nH]c2C1. The molecule has 0 fully saturated rings. The highest BCUT2D eigenvalue weighted by Crippen LogP contribution is 2.22. The van der Waals surface area contributed by atoms with Gasteiger partial charge in [0.2, 0.25) is 5.91 Å². The molecular weight excluding hydrogens is 214 g/mol. The first-order valence-corrected chi connectivity index (χ1v) is 6.60. The number of carbonyl (C=O) groups is 1. The quantitative estimate of drug-likeness (QED) is 0.765. The van der Waals surface area contributed by atoms with Gasteiger partial charge in [-0.1, -0.05) is 19.8 Å². The van der Waals surface area contributed by atoms with E-state index in [0.29, 0.717) is 0 Å². The molecule has 4 heteroatoms. The molecule has 1 atom stereocenters. The third-order valence-corrected chi connectivity index (χ3v) is 3.44. The van der Waals surface area contributed by atoms with E-state index in [-0.39, 0.29) is 11.8 Å². The van der Waals surface area contributed by atoms with Gasteiger partial charge < -0.3 is 10.3 Å². The monoisotopic (exact) mass is 235 g/mol. The molecule has 0 saturated heterocycles. The van der Waals surface area contributed by atoms with E-state index in [1.54, 1.807) is 6.33 Å². The fraction of sp³-hybridized carbons (Fsp3) is 0.692. The van der Waals surface area contributed by atoms with E-state index in [4.69, 9.17) is 0 Å². The zero-order valence-electron chi connectivity index (χ0n) is 10.5. The van der Waals surface area contributed by atoms with E-state index in [1.807, 2.05) is 0 Å². The molecule has 1 heterocycles. The van der Waals surface area contributed by atoms with Gasteiger partial charge in [-0.3, -0.25) is 4.79 Å². The van der Waals surface area contributed by atoms with Crippen LogP contribution >= 0.6 is 0 Å². The summed E-state index contributed by atoms with van der Waals surface area (Å²) in [5.41, 5.74) is 2.28. The van der Waals surface area contributed by atoms with Crippen LogP contribution < -0.4 is 5.32 Å². The molecule has 2 rings (SSSR count). The molecule has 94 valence electrons. The summed E-state index contributed by atoms with van der Waals surface area (Å²) >= 11 is 0. The van der Waals surface area contributed by atoms with Crippen LogP contribution in [0.5, 0.6) is 0 Å². The smallest absolute Gasteiger partial charge is 0.223 e. The van der Waals surface area contributed by atoms with Crippen LogP contribution in [0.1, 0.15) is 44.0 Å². The maximum Gasteiger partial charge on any atom is 0.223 e. The van der Waals surface area contributed by atoms with E-state index in [1.165, 1.54) is 12.8 Å². The Morgan fingerprint density at radius 2 is 2.47 bits per heavy atom. The van der Waals surface area contributed by atoms with Gasteiger partial charge in [-0.05, 0) is 19.3 Å². The molecule has 0 spiro atoms. The minimum atomic E-state index is 0.129. The highest BCUT2D eigenvalue weighted by atomic mass is 16.1. The summed E-state index contributed by atoms with van der Waals surface area (Å²) in [6.07, 6.45) is 7.86. The van der Waals surface area contributed by atoms with Crippen LogP contribution in [0.2, 0.25) is 0 Å². The Hall–Kier alpha value is -1.32. The second kappa shape index (κ2) is 5.84. The van der Waals surface area contributed by atoms with Gasteiger partial charge in [0.05, 0.1) is 12.0 Å². The predicted octanol–water partition coefficient (Wildman–Crippen LogP) is 1.82. The highest BCUT2D eigenvalue weighted by molar-refractivity contribution is 5.79. The number of aryl methyl sites for hydroxylation is 1. The summed E-state index contributed by atoms with van der Waals surface area (Å²) in [5.74, 6) is 0.339. The van der Waals surface area contributed by atoms with Crippen molar-refractivity contribution in [3.05, 3.63) is 17.7 Å². The number of fused-ring (bicyclic) bond motifs is 1. The number of hydrogen-bond donors (Lipinski definition) is 2. The average Bonchev–Trinajstić information content (AvgIpc) is 2.81. The van der Waals surface area contributed by atoms with Crippen LogP contribution in [0, 0.1) is 5.92 Å². The van der Waals surface area contributed by atoms with Crippen molar-refractivity contribution in [2.75, 3.05) is 6.54 Å². The topological polar surface area (TPSA) is 57.8 Å². The third kappa shape index (κ3) is 3.08. The number of carbonyl (C=O) groups excluding carboxylic acids is 1. The van der Waals surface area contributed by atoms with Crippen molar-refractivity contribution >= 4 is 5.91 Å². The Labute approximate surface area is 102 Å². The van der Waals surface area contributed by atoms with E-state index < -0.39 is 0 Å². The van der Waals surface area contributed by atoms with Crippen LogP contribution in [0.15, 0.2) is 6.33 Å². The van der Waals surface area contributed by atoms with Gasteiger partial charge >= 0.3 is 0 Å². The number of rotatable bonds is 5. The highest BCUT2D eigenvalue weighted by Gasteiger charge is 2.25. The van der Waals surface area contributed by atoms with Gasteiger partial charge in [0.15, 0.2) is 0 Å². The van der Waals surface area contributed by atoms with E-state index >= 15 is 0 Å². The lowest BCUT2D eigenvalue weighted by Gasteiger charge is -2.20. The van der Waals surface area contributed by atoms with Crippen LogP contribution in [0.4, 0.5) is 0 Å². The lowest BCUT2D eigenvalue weighted by Crippen LogP contribution is -2.34. The zero-order chi connectivity index (χ0) is 12.1. The number of aromatic nitrogens is 2. The molecule has 0 aliphatic heterocycles. The van der Waals surface area contributed by atoms with Gasteiger partial charge in [0.25, 0.3) is 0 Å². The van der Waals surface area contributed by atoms with Crippen molar-refractivity contribution in [1.82, 2.24) is 15.3 Å². The van der Waals surface area contributed by atoms with Gasteiger partial charge in [-0.25, -0.2) is 4.98 Å². The number of nitrogens with zero attached hydrogens (tertiary/aromatic N) is 1. The van der Waals surface area contributed by atoms with Crippen LogP contribution in [-0.2, 0) is 17.6 Å². The minimum absolute atomic E-state index is 0.129. The predicted molar refractivity (Wildman–Crippen MR) is 66.6 cm³/mol. The summed E-state index contributed by atoms with van der Waals surface area (Å²) in [5, 5.41) is 3.04. The molecule has 1 aliphatic carbocycles. The van der Waals surface area contributed by atoms with Crippen LogP contribution in [0.3, 0.4) is 0 Å². The Morgan fingerprint density at radius 3 is 3.29 bits per heavy atom. The van der Waals surface area contributed by atoms with E-state index in [2.05, 4.69) is 22.2 Å². The van der Waals surface area contributed by atoms with Gasteiger partial charge in [0, 0.05) is 24.6 Å². The number of imidazole rings is 1. The molecule has 1 amide bonds. The number of unbranched alkanes of at least 4 members (excludes halogenated alkanes) is 2. The third-order valence-electron chi connectivity index (χ3n) is 3.44. The minimum Gasteiger partial charge on any atom is -0.356 e. The van der Waals surface area contributed by atoms with E-state index in [9.17, 15) is 4.79 Å². The van der Waals surface area contributed by atoms with Crippen LogP contribution in [-0.4, -0.2) is 22.4 Å². The molecule has 4 nitrogen and oxygen atoms in total. The molecule has 0 saturated carbocycles. The summed E-state index contributed by atoms with van der Waals surface area (Å²) in [7, 11) is 0. The Balaban J connectivity index is 1.78. The molecule has 1 aliphatic rings. The number of H-pyrrole nitrogens is 1. The number of amides is 1. The van der Waals surface area contributed by atoms with Gasteiger partial charge in [-0.15, -0.1) is 0 Å². The molecular formula is C13H21N3O. The molecule has 0 radical (unpaired) electrons. The van der Waals surface area contributed by atoms with Crippen molar-refractivity contribution in [1.29, 1.82) is 0 Å². The second-order valence-corrected chi connectivity index (χ2v) is 4.77. The first-order valence-electron chi connectivity index (χ1n) is 6.60. The van der Waals surface area contributed by atoms with Crippen molar-refractivity contribution in [3.8, 4) is 0 Å². The Kier molecular flexibility index (Phi) is 4.18. The molecule has 1 aromatic rings. The molecule has 1 aromatic heterocycles. The van der Waals surface area contributed by atoms with Gasteiger partial charge in [0.1, 0.15) is 0 Å². The largest absolute Gasteiger partial charge is 0.356 e. The van der Waals surface area contributed by atoms with Crippen molar-refractivity contribution in [3.63, 3.8) is 0 Å². The first kappa shape index (κ1) is 12.1. The molecule has 0 bridgehead atoms. The molecule has 0 aromatic carbocycles. The molecule has 1 unspecified atom stereocenters. The summed E-state index contributed by atoms with van der Waals surface area (Å²) < 4.78 is 0. The lowest BCUT2D eigenvalue weighted by atomic mass is 9.89. The lowest BCUT2D eigenvalue weighted by molar-refractivity contribution is -0.125. The summed E-state index contributed by atoms with van der Waals surface area (Å²) in [6.45, 7) is 2.99.